The highest BCUT2D eigenvalue weighted by atomic mass is 28.4. The highest BCUT2D eigenvalue weighted by Crippen LogP contribution is 2.22. The lowest BCUT2D eigenvalue weighted by Crippen LogP contribution is -2.50. The van der Waals surface area contributed by atoms with E-state index in [2.05, 4.69) is 0 Å². The van der Waals surface area contributed by atoms with Crippen LogP contribution in [-0.2, 0) is 34.1 Å². The van der Waals surface area contributed by atoms with E-state index in [-0.39, 0.29) is 31.7 Å². The van der Waals surface area contributed by atoms with Crippen molar-refractivity contribution in [1.82, 2.24) is 0 Å². The molecule has 0 saturated carbocycles. The third-order valence-electron chi connectivity index (χ3n) is 3.38. The van der Waals surface area contributed by atoms with Gasteiger partial charge in [0, 0.05) is 19.3 Å². The number of hydrogen-bond donors (Lipinski definition) is 0. The summed E-state index contributed by atoms with van der Waals surface area (Å²) in [5.41, 5.74) is 0.383. The zero-order chi connectivity index (χ0) is 19.7. The minimum atomic E-state index is -4.03. The molecule has 0 fully saturated rings. The molecule has 0 bridgehead atoms. The van der Waals surface area contributed by atoms with Gasteiger partial charge in [0.15, 0.2) is 11.6 Å². The van der Waals surface area contributed by atoms with Crippen LogP contribution in [0.15, 0.2) is 18.2 Å². The molecule has 1 rings (SSSR count). The largest absolute Gasteiger partial charge is 0.705 e. The van der Waals surface area contributed by atoms with Gasteiger partial charge in [-0.1, -0.05) is 26.8 Å². The van der Waals surface area contributed by atoms with Gasteiger partial charge in [0.05, 0.1) is 6.04 Å². The molecule has 0 unspecified atom stereocenters. The van der Waals surface area contributed by atoms with E-state index in [0.717, 1.165) is 12.1 Å². The van der Waals surface area contributed by atoms with E-state index in [0.29, 0.717) is 5.56 Å². The second kappa shape index (κ2) is 10.0. The highest BCUT2D eigenvalue weighted by molar-refractivity contribution is 6.65. The van der Waals surface area contributed by atoms with Crippen LogP contribution >= 0.6 is 0 Å². The molecule has 0 aromatic heterocycles. The second-order valence-electron chi connectivity index (χ2n) is 5.41. The average Bonchev–Trinajstić information content (AvgIpc) is 2.62. The Hall–Kier alpha value is -2.29. The molecule has 144 valence electrons. The Morgan fingerprint density at radius 2 is 1.31 bits per heavy atom. The first kappa shape index (κ1) is 21.7. The first-order valence-electron chi connectivity index (χ1n) is 8.34. The van der Waals surface area contributed by atoms with Crippen molar-refractivity contribution in [3.05, 3.63) is 35.4 Å². The minimum Gasteiger partial charge on any atom is -0.455 e. The van der Waals surface area contributed by atoms with Gasteiger partial charge in [-0.15, -0.1) is 0 Å². The molecule has 0 heterocycles. The molecular formula is C17H22F2O6Si. The van der Waals surface area contributed by atoms with E-state index in [1.807, 2.05) is 0 Å². The number of aryl methyl sites for hydroxylation is 1. The molecule has 26 heavy (non-hydrogen) atoms. The van der Waals surface area contributed by atoms with E-state index in [1.54, 1.807) is 20.8 Å². The van der Waals surface area contributed by atoms with E-state index in [9.17, 15) is 23.2 Å². The molecule has 0 saturated heterocycles. The zero-order valence-electron chi connectivity index (χ0n) is 15.0. The van der Waals surface area contributed by atoms with Gasteiger partial charge in [-0.3, -0.25) is 14.4 Å². The standard InChI is InChI=1S/C17H22F2O6Si/c1-4-15(20)23-26(24-16(21)5-2,25-17(22)6-3)10-9-12-7-8-13(18)14(19)11-12/h7-8,11H,4-6,9-10H2,1-3H3. The number of benzene rings is 1. The molecule has 0 spiro atoms. The summed E-state index contributed by atoms with van der Waals surface area (Å²) < 4.78 is 42.2. The Morgan fingerprint density at radius 1 is 0.846 bits per heavy atom. The maximum absolute atomic E-state index is 13.4. The van der Waals surface area contributed by atoms with E-state index in [4.69, 9.17) is 13.3 Å². The molecule has 1 aromatic rings. The Kier molecular flexibility index (Phi) is 8.37. The van der Waals surface area contributed by atoms with Crippen molar-refractivity contribution >= 4 is 26.7 Å². The van der Waals surface area contributed by atoms with Crippen molar-refractivity contribution in [2.24, 2.45) is 0 Å². The van der Waals surface area contributed by atoms with Crippen LogP contribution in [0.25, 0.3) is 0 Å². The van der Waals surface area contributed by atoms with Crippen LogP contribution in [0.3, 0.4) is 0 Å². The van der Waals surface area contributed by atoms with Crippen molar-refractivity contribution in [1.29, 1.82) is 0 Å². The number of hydrogen-bond acceptors (Lipinski definition) is 6. The molecule has 0 aliphatic carbocycles. The molecule has 9 heteroatoms. The normalized spacial score (nSPS) is 11.0. The van der Waals surface area contributed by atoms with Gasteiger partial charge in [-0.05, 0) is 24.1 Å². The molecule has 0 N–H and O–H groups in total. The van der Waals surface area contributed by atoms with Crippen LogP contribution in [0.2, 0.25) is 6.04 Å². The minimum absolute atomic E-state index is 0.00667. The summed E-state index contributed by atoms with van der Waals surface area (Å²) in [6, 6.07) is 3.17. The lowest BCUT2D eigenvalue weighted by Gasteiger charge is -2.27. The first-order valence-corrected chi connectivity index (χ1v) is 10.3. The van der Waals surface area contributed by atoms with E-state index in [1.165, 1.54) is 6.07 Å². The summed E-state index contributed by atoms with van der Waals surface area (Å²) in [5.74, 6) is -4.08. The van der Waals surface area contributed by atoms with Crippen molar-refractivity contribution in [2.75, 3.05) is 0 Å². The summed E-state index contributed by atoms with van der Waals surface area (Å²) in [6.07, 6.45) is 0.0439. The monoisotopic (exact) mass is 388 g/mol. The third kappa shape index (κ3) is 6.55. The maximum Gasteiger partial charge on any atom is 0.705 e. The maximum atomic E-state index is 13.4. The Morgan fingerprint density at radius 3 is 1.69 bits per heavy atom. The molecule has 0 atom stereocenters. The molecule has 6 nitrogen and oxygen atoms in total. The van der Waals surface area contributed by atoms with Crippen LogP contribution in [0, 0.1) is 11.6 Å². The molecule has 0 amide bonds. The van der Waals surface area contributed by atoms with Gasteiger partial charge in [-0.25, -0.2) is 8.78 Å². The van der Waals surface area contributed by atoms with Crippen LogP contribution < -0.4 is 0 Å². The van der Waals surface area contributed by atoms with Gasteiger partial charge in [0.1, 0.15) is 0 Å². The lowest BCUT2D eigenvalue weighted by molar-refractivity contribution is -0.150. The molecule has 1 aromatic carbocycles. The fraction of sp³-hybridized carbons (Fsp3) is 0.471. The molecular weight excluding hydrogens is 366 g/mol. The summed E-state index contributed by atoms with van der Waals surface area (Å²) >= 11 is 0. The van der Waals surface area contributed by atoms with Crippen molar-refractivity contribution in [2.45, 2.75) is 52.5 Å². The summed E-state index contributed by atoms with van der Waals surface area (Å²) in [6.45, 7) is 4.63. The summed E-state index contributed by atoms with van der Waals surface area (Å²) in [5, 5.41) is 0. The van der Waals surface area contributed by atoms with Crippen LogP contribution in [0.4, 0.5) is 8.78 Å². The number of carbonyl (C=O) groups is 3. The van der Waals surface area contributed by atoms with Crippen molar-refractivity contribution in [3.63, 3.8) is 0 Å². The summed E-state index contributed by atoms with van der Waals surface area (Å²) in [7, 11) is -4.03. The fourth-order valence-electron chi connectivity index (χ4n) is 1.94. The number of halogens is 2. The van der Waals surface area contributed by atoms with Gasteiger partial charge in [0.25, 0.3) is 17.9 Å². The third-order valence-corrected chi connectivity index (χ3v) is 5.86. The Balaban J connectivity index is 3.11. The first-order chi connectivity index (χ1) is 12.2. The lowest BCUT2D eigenvalue weighted by atomic mass is 10.2. The van der Waals surface area contributed by atoms with Crippen LogP contribution in [0.1, 0.15) is 45.6 Å². The van der Waals surface area contributed by atoms with E-state index < -0.39 is 38.3 Å². The van der Waals surface area contributed by atoms with Crippen molar-refractivity contribution in [3.8, 4) is 0 Å². The van der Waals surface area contributed by atoms with E-state index >= 15 is 0 Å². The molecule has 0 aliphatic rings. The van der Waals surface area contributed by atoms with Gasteiger partial charge in [-0.2, -0.15) is 0 Å². The number of rotatable bonds is 9. The smallest absolute Gasteiger partial charge is 0.455 e. The second-order valence-corrected chi connectivity index (χ2v) is 7.89. The Bertz CT molecular complexity index is 619. The van der Waals surface area contributed by atoms with Gasteiger partial charge < -0.3 is 13.3 Å². The fourth-order valence-corrected chi connectivity index (χ4v) is 4.44. The van der Waals surface area contributed by atoms with Crippen LogP contribution in [-0.4, -0.2) is 26.7 Å². The average molecular weight is 388 g/mol. The topological polar surface area (TPSA) is 78.9 Å². The predicted octanol–water partition coefficient (Wildman–Crippen LogP) is 3.31. The van der Waals surface area contributed by atoms with Crippen LogP contribution in [0.5, 0.6) is 0 Å². The van der Waals surface area contributed by atoms with Crippen molar-refractivity contribution < 1.29 is 36.4 Å². The zero-order valence-corrected chi connectivity index (χ0v) is 16.0. The highest BCUT2D eigenvalue weighted by Gasteiger charge is 2.52. The molecule has 0 radical (unpaired) electrons. The quantitative estimate of drug-likeness (QED) is 0.604. The SMILES string of the molecule is CCC(=O)O[Si](CCc1ccc(F)c(F)c1)(OC(=O)CC)OC(=O)CC. The van der Waals surface area contributed by atoms with Gasteiger partial charge in [0.2, 0.25) is 0 Å². The Labute approximate surface area is 151 Å². The number of carbonyl (C=O) groups excluding carboxylic acids is 3. The summed E-state index contributed by atoms with van der Waals surface area (Å²) in [4.78, 5) is 35.4. The predicted molar refractivity (Wildman–Crippen MR) is 89.8 cm³/mol. The van der Waals surface area contributed by atoms with Gasteiger partial charge >= 0.3 is 8.80 Å². The molecule has 0 aliphatic heterocycles.